The van der Waals surface area contributed by atoms with Crippen LogP contribution in [0.2, 0.25) is 0 Å². The van der Waals surface area contributed by atoms with E-state index in [9.17, 15) is 4.79 Å². The second kappa shape index (κ2) is 5.17. The van der Waals surface area contributed by atoms with Crippen molar-refractivity contribution in [2.75, 3.05) is 32.7 Å². The lowest BCUT2D eigenvalue weighted by Crippen LogP contribution is -2.56. The number of rotatable bonds is 3. The standard InChI is InChI=1S/C14H27N3O/c1-14(2,3)12(15)13(18)17-8-6-16(7-9-17)10-11-4-5-11/h11-12H,4-10,15H2,1-3H3. The average molecular weight is 253 g/mol. The van der Waals surface area contributed by atoms with Crippen LogP contribution in [0.4, 0.5) is 0 Å². The van der Waals surface area contributed by atoms with Crippen LogP contribution in [0.1, 0.15) is 33.6 Å². The summed E-state index contributed by atoms with van der Waals surface area (Å²) in [4.78, 5) is 16.7. The molecule has 4 nitrogen and oxygen atoms in total. The third-order valence-corrected chi connectivity index (χ3v) is 4.10. The van der Waals surface area contributed by atoms with Crippen LogP contribution in [-0.2, 0) is 4.79 Å². The van der Waals surface area contributed by atoms with Crippen LogP contribution in [0.25, 0.3) is 0 Å². The first kappa shape index (κ1) is 13.8. The van der Waals surface area contributed by atoms with Crippen LogP contribution < -0.4 is 5.73 Å². The monoisotopic (exact) mass is 253 g/mol. The summed E-state index contributed by atoms with van der Waals surface area (Å²) in [7, 11) is 0. The normalized spacial score (nSPS) is 24.1. The van der Waals surface area contributed by atoms with Crippen LogP contribution in [0.3, 0.4) is 0 Å². The highest BCUT2D eigenvalue weighted by molar-refractivity contribution is 5.82. The maximum Gasteiger partial charge on any atom is 0.240 e. The molecule has 0 aromatic carbocycles. The number of nitrogens with two attached hydrogens (primary N) is 1. The predicted molar refractivity (Wildman–Crippen MR) is 73.2 cm³/mol. The van der Waals surface area contributed by atoms with E-state index in [4.69, 9.17) is 5.73 Å². The van der Waals surface area contributed by atoms with Gasteiger partial charge in [0.15, 0.2) is 0 Å². The van der Waals surface area contributed by atoms with Gasteiger partial charge in [-0.2, -0.15) is 0 Å². The molecule has 2 aliphatic rings. The largest absolute Gasteiger partial charge is 0.339 e. The van der Waals surface area contributed by atoms with Gasteiger partial charge in [0.2, 0.25) is 5.91 Å². The SMILES string of the molecule is CC(C)(C)C(N)C(=O)N1CCN(CC2CC2)CC1. The smallest absolute Gasteiger partial charge is 0.240 e. The molecule has 1 aliphatic heterocycles. The Morgan fingerprint density at radius 3 is 2.22 bits per heavy atom. The van der Waals surface area contributed by atoms with Gasteiger partial charge in [-0.3, -0.25) is 9.69 Å². The van der Waals surface area contributed by atoms with E-state index >= 15 is 0 Å². The molecule has 104 valence electrons. The van der Waals surface area contributed by atoms with Gasteiger partial charge >= 0.3 is 0 Å². The number of hydrogen-bond acceptors (Lipinski definition) is 3. The maximum atomic E-state index is 12.3. The number of hydrogen-bond donors (Lipinski definition) is 1. The van der Waals surface area contributed by atoms with Crippen molar-refractivity contribution in [2.24, 2.45) is 17.1 Å². The molecular weight excluding hydrogens is 226 g/mol. The lowest BCUT2D eigenvalue weighted by Gasteiger charge is -2.38. The highest BCUT2D eigenvalue weighted by Gasteiger charge is 2.33. The number of piperazine rings is 1. The Kier molecular flexibility index (Phi) is 3.97. The zero-order chi connectivity index (χ0) is 13.3. The van der Waals surface area contributed by atoms with Gasteiger partial charge in [0.05, 0.1) is 6.04 Å². The summed E-state index contributed by atoms with van der Waals surface area (Å²) in [6, 6.07) is -0.382. The second-order valence-electron chi connectivity index (χ2n) is 6.91. The fourth-order valence-corrected chi connectivity index (χ4v) is 2.38. The first-order chi connectivity index (χ1) is 8.38. The number of amides is 1. The lowest BCUT2D eigenvalue weighted by molar-refractivity contribution is -0.136. The van der Waals surface area contributed by atoms with E-state index in [1.165, 1.54) is 19.4 Å². The maximum absolute atomic E-state index is 12.3. The second-order valence-corrected chi connectivity index (χ2v) is 6.91. The molecule has 2 N–H and O–H groups in total. The topological polar surface area (TPSA) is 49.6 Å². The van der Waals surface area contributed by atoms with E-state index in [2.05, 4.69) is 4.90 Å². The molecular formula is C14H27N3O. The van der Waals surface area contributed by atoms with E-state index < -0.39 is 0 Å². The summed E-state index contributed by atoms with van der Waals surface area (Å²) in [5.41, 5.74) is 5.90. The molecule has 1 atom stereocenters. The molecule has 0 aromatic rings. The number of carbonyl (C=O) groups is 1. The van der Waals surface area contributed by atoms with Gasteiger partial charge in [-0.25, -0.2) is 0 Å². The van der Waals surface area contributed by atoms with Gasteiger partial charge in [0, 0.05) is 32.7 Å². The molecule has 1 aliphatic carbocycles. The third kappa shape index (κ3) is 3.45. The Hall–Kier alpha value is -0.610. The third-order valence-electron chi connectivity index (χ3n) is 4.10. The minimum Gasteiger partial charge on any atom is -0.339 e. The van der Waals surface area contributed by atoms with E-state index in [-0.39, 0.29) is 17.4 Å². The van der Waals surface area contributed by atoms with Crippen molar-refractivity contribution in [3.8, 4) is 0 Å². The molecule has 1 heterocycles. The van der Waals surface area contributed by atoms with Crippen LogP contribution >= 0.6 is 0 Å². The quantitative estimate of drug-likeness (QED) is 0.813. The summed E-state index contributed by atoms with van der Waals surface area (Å²) in [5, 5.41) is 0. The molecule has 1 saturated carbocycles. The summed E-state index contributed by atoms with van der Waals surface area (Å²) in [5.74, 6) is 1.05. The van der Waals surface area contributed by atoms with Gasteiger partial charge in [-0.05, 0) is 24.2 Å². The van der Waals surface area contributed by atoms with Gasteiger partial charge < -0.3 is 10.6 Å². The first-order valence-corrected chi connectivity index (χ1v) is 7.14. The fraction of sp³-hybridized carbons (Fsp3) is 0.929. The summed E-state index contributed by atoms with van der Waals surface area (Å²) in [6.07, 6.45) is 2.79. The summed E-state index contributed by atoms with van der Waals surface area (Å²) in [6.45, 7) is 11.0. The number of carbonyl (C=O) groups excluding carboxylic acids is 1. The molecule has 2 rings (SSSR count). The van der Waals surface area contributed by atoms with Crippen molar-refractivity contribution in [2.45, 2.75) is 39.7 Å². The minimum absolute atomic E-state index is 0.119. The van der Waals surface area contributed by atoms with Crippen molar-refractivity contribution >= 4 is 5.91 Å². The molecule has 4 heteroatoms. The first-order valence-electron chi connectivity index (χ1n) is 7.14. The molecule has 18 heavy (non-hydrogen) atoms. The molecule has 1 amide bonds. The molecule has 0 bridgehead atoms. The highest BCUT2D eigenvalue weighted by Crippen LogP contribution is 2.30. The van der Waals surface area contributed by atoms with Crippen molar-refractivity contribution in [3.05, 3.63) is 0 Å². The fourth-order valence-electron chi connectivity index (χ4n) is 2.38. The molecule has 2 fully saturated rings. The Morgan fingerprint density at radius 2 is 1.78 bits per heavy atom. The zero-order valence-electron chi connectivity index (χ0n) is 12.0. The van der Waals surface area contributed by atoms with Crippen LogP contribution in [0, 0.1) is 11.3 Å². The highest BCUT2D eigenvalue weighted by atomic mass is 16.2. The van der Waals surface area contributed by atoms with E-state index in [1.54, 1.807) is 0 Å². The Bertz CT molecular complexity index is 299. The Labute approximate surface area is 110 Å². The van der Waals surface area contributed by atoms with Crippen LogP contribution in [-0.4, -0.2) is 54.5 Å². The summed E-state index contributed by atoms with van der Waals surface area (Å²) < 4.78 is 0. The molecule has 0 spiro atoms. The zero-order valence-corrected chi connectivity index (χ0v) is 12.0. The summed E-state index contributed by atoms with van der Waals surface area (Å²) >= 11 is 0. The van der Waals surface area contributed by atoms with Gasteiger partial charge in [0.25, 0.3) is 0 Å². The van der Waals surface area contributed by atoms with Crippen molar-refractivity contribution in [3.63, 3.8) is 0 Å². The van der Waals surface area contributed by atoms with Crippen molar-refractivity contribution in [1.29, 1.82) is 0 Å². The van der Waals surface area contributed by atoms with Crippen molar-refractivity contribution < 1.29 is 4.79 Å². The van der Waals surface area contributed by atoms with Gasteiger partial charge in [-0.15, -0.1) is 0 Å². The molecule has 1 saturated heterocycles. The van der Waals surface area contributed by atoms with Crippen LogP contribution in [0.5, 0.6) is 0 Å². The van der Waals surface area contributed by atoms with E-state index in [0.29, 0.717) is 0 Å². The number of nitrogens with zero attached hydrogens (tertiary/aromatic N) is 2. The Morgan fingerprint density at radius 1 is 1.22 bits per heavy atom. The van der Waals surface area contributed by atoms with Crippen molar-refractivity contribution in [1.82, 2.24) is 9.80 Å². The lowest BCUT2D eigenvalue weighted by atomic mass is 9.86. The minimum atomic E-state index is -0.382. The Balaban J connectivity index is 1.79. The molecule has 0 aromatic heterocycles. The van der Waals surface area contributed by atoms with E-state index in [1.807, 2.05) is 25.7 Å². The van der Waals surface area contributed by atoms with Gasteiger partial charge in [-0.1, -0.05) is 20.8 Å². The average Bonchev–Trinajstić information content (AvgIpc) is 3.11. The predicted octanol–water partition coefficient (Wildman–Crippen LogP) is 0.914. The molecule has 1 unspecified atom stereocenters. The van der Waals surface area contributed by atoms with E-state index in [0.717, 1.165) is 32.1 Å². The van der Waals surface area contributed by atoms with Gasteiger partial charge in [0.1, 0.15) is 0 Å². The van der Waals surface area contributed by atoms with Crippen LogP contribution in [0.15, 0.2) is 0 Å². The molecule has 0 radical (unpaired) electrons.